The monoisotopic (exact) mass is 382 g/mol. The summed E-state index contributed by atoms with van der Waals surface area (Å²) in [5, 5.41) is 4.97. The van der Waals surface area contributed by atoms with Crippen molar-refractivity contribution in [2.24, 2.45) is 0 Å². The maximum absolute atomic E-state index is 6.17. The van der Waals surface area contributed by atoms with Gasteiger partial charge in [0.2, 0.25) is 0 Å². The third-order valence-corrected chi connectivity index (χ3v) is 6.22. The molecule has 0 aromatic heterocycles. The van der Waals surface area contributed by atoms with Crippen LogP contribution in [0.25, 0.3) is 27.1 Å². The summed E-state index contributed by atoms with van der Waals surface area (Å²) in [6, 6.07) is 19.3. The molecule has 0 aliphatic carbocycles. The van der Waals surface area contributed by atoms with Crippen molar-refractivity contribution in [3.8, 4) is 0 Å². The van der Waals surface area contributed by atoms with Crippen molar-refractivity contribution in [2.45, 2.75) is 38.9 Å². The zero-order valence-corrected chi connectivity index (χ0v) is 17.7. The highest BCUT2D eigenvalue weighted by atomic mass is 16.7. The van der Waals surface area contributed by atoms with Crippen LogP contribution in [0.5, 0.6) is 0 Å². The summed E-state index contributed by atoms with van der Waals surface area (Å²) in [4.78, 5) is 0. The van der Waals surface area contributed by atoms with Crippen molar-refractivity contribution in [3.63, 3.8) is 0 Å². The molecule has 0 saturated carbocycles. The van der Waals surface area contributed by atoms with Gasteiger partial charge in [-0.05, 0) is 71.9 Å². The second-order valence-corrected chi connectivity index (χ2v) is 8.68. The summed E-state index contributed by atoms with van der Waals surface area (Å²) in [6.45, 7) is 16.5. The number of allylic oxidation sites excluding steroid dienone is 4. The molecule has 146 valence electrons. The van der Waals surface area contributed by atoms with E-state index in [0.29, 0.717) is 0 Å². The molecule has 0 radical (unpaired) electrons. The molecule has 0 unspecified atom stereocenters. The Hall–Kier alpha value is -2.62. The smallest absolute Gasteiger partial charge is 0.399 e. The first kappa shape index (κ1) is 19.7. The van der Waals surface area contributed by atoms with Crippen molar-refractivity contribution in [3.05, 3.63) is 90.9 Å². The van der Waals surface area contributed by atoms with E-state index in [-0.39, 0.29) is 11.2 Å². The van der Waals surface area contributed by atoms with Crippen LogP contribution in [0.4, 0.5) is 0 Å². The summed E-state index contributed by atoms with van der Waals surface area (Å²) >= 11 is 0. The lowest BCUT2D eigenvalue weighted by molar-refractivity contribution is 0.00578. The average Bonchev–Trinajstić information content (AvgIpc) is 2.92. The van der Waals surface area contributed by atoms with Gasteiger partial charge in [0.1, 0.15) is 0 Å². The lowest BCUT2D eigenvalue weighted by atomic mass is 9.76. The van der Waals surface area contributed by atoms with Gasteiger partial charge < -0.3 is 9.31 Å². The molecule has 1 fully saturated rings. The minimum atomic E-state index is -0.446. The Balaban J connectivity index is 1.67. The summed E-state index contributed by atoms with van der Waals surface area (Å²) < 4.78 is 12.3. The lowest BCUT2D eigenvalue weighted by Gasteiger charge is -2.32. The van der Waals surface area contributed by atoms with Gasteiger partial charge in [0.25, 0.3) is 0 Å². The third-order valence-electron chi connectivity index (χ3n) is 6.22. The number of hydrogen-bond donors (Lipinski definition) is 0. The van der Waals surface area contributed by atoms with E-state index in [1.807, 2.05) is 6.08 Å². The summed E-state index contributed by atoms with van der Waals surface area (Å²) in [5.74, 6) is 0. The van der Waals surface area contributed by atoms with Crippen LogP contribution in [-0.2, 0) is 9.31 Å². The average molecular weight is 382 g/mol. The van der Waals surface area contributed by atoms with Gasteiger partial charge in [-0.1, -0.05) is 73.8 Å². The quantitative estimate of drug-likeness (QED) is 0.282. The molecule has 4 rings (SSSR count). The van der Waals surface area contributed by atoms with Gasteiger partial charge in [0.05, 0.1) is 11.2 Å². The second kappa shape index (κ2) is 7.02. The van der Waals surface area contributed by atoms with E-state index in [9.17, 15) is 0 Å². The summed E-state index contributed by atoms with van der Waals surface area (Å²) in [6.07, 6.45) is 3.80. The van der Waals surface area contributed by atoms with Crippen LogP contribution in [0.1, 0.15) is 33.3 Å². The third kappa shape index (κ3) is 3.46. The van der Waals surface area contributed by atoms with Gasteiger partial charge >= 0.3 is 7.12 Å². The molecule has 0 bridgehead atoms. The Morgan fingerprint density at radius 1 is 0.862 bits per heavy atom. The van der Waals surface area contributed by atoms with E-state index in [2.05, 4.69) is 95.5 Å². The number of fused-ring (bicyclic) bond motifs is 3. The second-order valence-electron chi connectivity index (χ2n) is 8.68. The molecule has 2 nitrogen and oxygen atoms in total. The Labute approximate surface area is 173 Å². The highest BCUT2D eigenvalue weighted by Gasteiger charge is 2.51. The van der Waals surface area contributed by atoms with Crippen molar-refractivity contribution >= 4 is 34.2 Å². The topological polar surface area (TPSA) is 18.5 Å². The standard InChI is InChI=1S/C26H27BO2/c1-7-22(27-28-25(3,4)26(5,6)29-27)16-18(2)20-14-15-24-21(17-20)13-12-19-10-8-9-11-23(19)24/h7-17H,1-2H2,3-6H3/b22-16+. The van der Waals surface area contributed by atoms with Crippen LogP contribution >= 0.6 is 0 Å². The molecule has 29 heavy (non-hydrogen) atoms. The van der Waals surface area contributed by atoms with Crippen LogP contribution in [-0.4, -0.2) is 18.3 Å². The maximum Gasteiger partial charge on any atom is 0.494 e. The van der Waals surface area contributed by atoms with Crippen molar-refractivity contribution in [1.29, 1.82) is 0 Å². The van der Waals surface area contributed by atoms with Crippen LogP contribution in [0.3, 0.4) is 0 Å². The fourth-order valence-corrected chi connectivity index (χ4v) is 3.70. The van der Waals surface area contributed by atoms with Crippen molar-refractivity contribution in [1.82, 2.24) is 0 Å². The minimum absolute atomic E-state index is 0.384. The maximum atomic E-state index is 6.17. The van der Waals surface area contributed by atoms with E-state index in [0.717, 1.165) is 16.6 Å². The summed E-state index contributed by atoms with van der Waals surface area (Å²) in [7, 11) is -0.446. The van der Waals surface area contributed by atoms with Crippen LogP contribution in [0.15, 0.2) is 85.4 Å². The summed E-state index contributed by atoms with van der Waals surface area (Å²) in [5.41, 5.74) is 2.09. The predicted molar refractivity (Wildman–Crippen MR) is 125 cm³/mol. The fourth-order valence-electron chi connectivity index (χ4n) is 3.70. The van der Waals surface area contributed by atoms with Gasteiger partial charge in [0.15, 0.2) is 0 Å². The zero-order valence-electron chi connectivity index (χ0n) is 17.7. The van der Waals surface area contributed by atoms with E-state index in [1.165, 1.54) is 21.5 Å². The number of hydrogen-bond acceptors (Lipinski definition) is 2. The Kier molecular flexibility index (Phi) is 4.76. The first-order chi connectivity index (χ1) is 13.7. The zero-order chi connectivity index (χ0) is 20.8. The minimum Gasteiger partial charge on any atom is -0.399 e. The number of rotatable bonds is 4. The highest BCUT2D eigenvalue weighted by Crippen LogP contribution is 2.39. The largest absolute Gasteiger partial charge is 0.494 e. The van der Waals surface area contributed by atoms with Gasteiger partial charge in [-0.3, -0.25) is 0 Å². The van der Waals surface area contributed by atoms with Crippen LogP contribution in [0, 0.1) is 0 Å². The normalized spacial score (nSPS) is 18.3. The predicted octanol–water partition coefficient (Wildman–Crippen LogP) is 6.75. The SMILES string of the molecule is C=C/C(=C\C(=C)c1ccc2c(ccc3ccccc32)c1)B1OC(C)(C)C(C)(C)O1. The first-order valence-electron chi connectivity index (χ1n) is 10.0. The van der Waals surface area contributed by atoms with Crippen molar-refractivity contribution in [2.75, 3.05) is 0 Å². The van der Waals surface area contributed by atoms with Gasteiger partial charge in [-0.25, -0.2) is 0 Å². The molecular weight excluding hydrogens is 355 g/mol. The van der Waals surface area contributed by atoms with E-state index >= 15 is 0 Å². The van der Waals surface area contributed by atoms with Crippen LogP contribution < -0.4 is 0 Å². The highest BCUT2D eigenvalue weighted by molar-refractivity contribution is 6.56. The van der Waals surface area contributed by atoms with E-state index in [4.69, 9.17) is 9.31 Å². The molecule has 3 heteroatoms. The van der Waals surface area contributed by atoms with Crippen molar-refractivity contribution < 1.29 is 9.31 Å². The van der Waals surface area contributed by atoms with Gasteiger partial charge in [-0.15, -0.1) is 0 Å². The molecule has 1 aliphatic heterocycles. The fraction of sp³-hybridized carbons (Fsp3) is 0.231. The molecule has 1 saturated heterocycles. The van der Waals surface area contributed by atoms with E-state index in [1.54, 1.807) is 6.08 Å². The molecule has 1 aliphatic rings. The molecule has 0 atom stereocenters. The number of benzene rings is 3. The van der Waals surface area contributed by atoms with E-state index < -0.39 is 7.12 Å². The van der Waals surface area contributed by atoms with Gasteiger partial charge in [0, 0.05) is 0 Å². The first-order valence-corrected chi connectivity index (χ1v) is 10.0. The molecule has 0 amide bonds. The molecule has 0 N–H and O–H groups in total. The Bertz CT molecular complexity index is 1140. The Morgan fingerprint density at radius 3 is 2.17 bits per heavy atom. The molecule has 3 aromatic rings. The molecule has 1 heterocycles. The van der Waals surface area contributed by atoms with Crippen LogP contribution in [0.2, 0.25) is 0 Å². The molecule has 0 spiro atoms. The molecule has 3 aromatic carbocycles. The Morgan fingerprint density at radius 2 is 1.48 bits per heavy atom. The lowest BCUT2D eigenvalue weighted by Crippen LogP contribution is -2.41. The molecular formula is C26H27BO2. The van der Waals surface area contributed by atoms with Gasteiger partial charge in [-0.2, -0.15) is 0 Å².